The van der Waals surface area contributed by atoms with E-state index in [1.165, 1.54) is 15.8 Å². The van der Waals surface area contributed by atoms with Gasteiger partial charge in [-0.15, -0.1) is 11.3 Å². The van der Waals surface area contributed by atoms with E-state index < -0.39 is 0 Å². The third-order valence-electron chi connectivity index (χ3n) is 5.19. The first-order chi connectivity index (χ1) is 13.7. The standard InChI is InChI=1S/C24H20N2OS/c1-26(14-16-8-3-2-4-9-16)15-17-10-7-13-20-21-23(28-22(17)20)18-11-5-6-12-19(18)24(27)25-21/h2-13H,14-15H2,1H3,(H,25,27). The van der Waals surface area contributed by atoms with Gasteiger partial charge in [-0.25, -0.2) is 0 Å². The van der Waals surface area contributed by atoms with Gasteiger partial charge in [0, 0.05) is 33.9 Å². The molecule has 0 fully saturated rings. The first kappa shape index (κ1) is 17.2. The molecule has 2 aromatic heterocycles. The highest BCUT2D eigenvalue weighted by molar-refractivity contribution is 7.26. The quantitative estimate of drug-likeness (QED) is 0.442. The Balaban J connectivity index is 1.61. The summed E-state index contributed by atoms with van der Waals surface area (Å²) in [6.45, 7) is 1.77. The van der Waals surface area contributed by atoms with Gasteiger partial charge in [0.15, 0.2) is 0 Å². The predicted molar refractivity (Wildman–Crippen MR) is 119 cm³/mol. The smallest absolute Gasteiger partial charge is 0.256 e. The molecular formula is C24H20N2OS. The van der Waals surface area contributed by atoms with Gasteiger partial charge in [0.05, 0.1) is 10.2 Å². The Labute approximate surface area is 166 Å². The molecule has 0 radical (unpaired) electrons. The number of hydrogen-bond acceptors (Lipinski definition) is 3. The molecule has 3 aromatic carbocycles. The van der Waals surface area contributed by atoms with E-state index in [0.29, 0.717) is 0 Å². The van der Waals surface area contributed by atoms with Crippen molar-refractivity contribution in [2.24, 2.45) is 0 Å². The lowest BCUT2D eigenvalue weighted by atomic mass is 10.1. The van der Waals surface area contributed by atoms with Crippen molar-refractivity contribution in [2.45, 2.75) is 13.1 Å². The van der Waals surface area contributed by atoms with Crippen LogP contribution in [0, 0.1) is 0 Å². The zero-order chi connectivity index (χ0) is 19.1. The maximum atomic E-state index is 12.5. The fourth-order valence-electron chi connectivity index (χ4n) is 3.92. The van der Waals surface area contributed by atoms with E-state index in [1.54, 1.807) is 11.3 Å². The molecule has 138 valence electrons. The van der Waals surface area contributed by atoms with Gasteiger partial charge >= 0.3 is 0 Å². The summed E-state index contributed by atoms with van der Waals surface area (Å²) in [6, 6.07) is 24.8. The fourth-order valence-corrected chi connectivity index (χ4v) is 5.22. The Morgan fingerprint density at radius 1 is 0.786 bits per heavy atom. The topological polar surface area (TPSA) is 36.1 Å². The summed E-state index contributed by atoms with van der Waals surface area (Å²) < 4.78 is 2.41. The van der Waals surface area contributed by atoms with E-state index in [-0.39, 0.29) is 5.56 Å². The van der Waals surface area contributed by atoms with Gasteiger partial charge in [-0.2, -0.15) is 0 Å². The number of nitrogens with one attached hydrogen (secondary N) is 1. The molecule has 4 heteroatoms. The van der Waals surface area contributed by atoms with Crippen molar-refractivity contribution < 1.29 is 0 Å². The van der Waals surface area contributed by atoms with Crippen molar-refractivity contribution in [1.82, 2.24) is 9.88 Å². The van der Waals surface area contributed by atoms with Crippen LogP contribution in [0.1, 0.15) is 11.1 Å². The Kier molecular flexibility index (Phi) is 4.23. The zero-order valence-corrected chi connectivity index (χ0v) is 16.4. The van der Waals surface area contributed by atoms with E-state index in [0.717, 1.165) is 39.5 Å². The molecule has 0 aliphatic carbocycles. The largest absolute Gasteiger partial charge is 0.320 e. The first-order valence-corrected chi connectivity index (χ1v) is 10.2. The fraction of sp³-hybridized carbons (Fsp3) is 0.125. The van der Waals surface area contributed by atoms with Crippen molar-refractivity contribution in [2.75, 3.05) is 7.05 Å². The average molecular weight is 385 g/mol. The minimum atomic E-state index is -0.0191. The molecule has 0 saturated heterocycles. The van der Waals surface area contributed by atoms with Crippen LogP contribution in [0.3, 0.4) is 0 Å². The number of H-pyrrole nitrogens is 1. The molecule has 0 atom stereocenters. The number of aromatic nitrogens is 1. The number of pyridine rings is 1. The summed E-state index contributed by atoms with van der Waals surface area (Å²) in [5.74, 6) is 0. The predicted octanol–water partition coefficient (Wildman–Crippen LogP) is 5.53. The van der Waals surface area contributed by atoms with Crippen LogP contribution in [0.2, 0.25) is 0 Å². The summed E-state index contributed by atoms with van der Waals surface area (Å²) in [5.41, 5.74) is 3.54. The average Bonchev–Trinajstić information content (AvgIpc) is 3.09. The number of rotatable bonds is 4. The molecule has 2 heterocycles. The number of aromatic amines is 1. The van der Waals surface area contributed by atoms with E-state index in [9.17, 15) is 4.79 Å². The van der Waals surface area contributed by atoms with Crippen LogP contribution in [0.15, 0.2) is 77.6 Å². The lowest BCUT2D eigenvalue weighted by molar-refractivity contribution is 0.320. The molecule has 0 aliphatic heterocycles. The number of fused-ring (bicyclic) bond motifs is 5. The van der Waals surface area contributed by atoms with Crippen molar-refractivity contribution in [3.63, 3.8) is 0 Å². The number of nitrogens with zero attached hydrogens (tertiary/aromatic N) is 1. The summed E-state index contributed by atoms with van der Waals surface area (Å²) >= 11 is 1.78. The van der Waals surface area contributed by atoms with Crippen molar-refractivity contribution in [1.29, 1.82) is 0 Å². The molecule has 0 saturated carbocycles. The lowest BCUT2D eigenvalue weighted by Gasteiger charge is -2.17. The molecule has 0 spiro atoms. The SMILES string of the molecule is CN(Cc1ccccc1)Cc1cccc2c1sc1c3ccccc3c(=O)[nH]c21. The van der Waals surface area contributed by atoms with Crippen molar-refractivity contribution in [3.05, 3.63) is 94.3 Å². The molecule has 3 nitrogen and oxygen atoms in total. The molecule has 28 heavy (non-hydrogen) atoms. The van der Waals surface area contributed by atoms with Crippen LogP contribution in [0.25, 0.3) is 31.1 Å². The van der Waals surface area contributed by atoms with Crippen LogP contribution in [0.4, 0.5) is 0 Å². The summed E-state index contributed by atoms with van der Waals surface area (Å²) in [6.07, 6.45) is 0. The zero-order valence-electron chi connectivity index (χ0n) is 15.6. The molecule has 0 amide bonds. The summed E-state index contributed by atoms with van der Waals surface area (Å²) in [4.78, 5) is 18.0. The highest BCUT2D eigenvalue weighted by Gasteiger charge is 2.14. The minimum Gasteiger partial charge on any atom is -0.320 e. The van der Waals surface area contributed by atoms with Crippen LogP contribution >= 0.6 is 11.3 Å². The maximum absolute atomic E-state index is 12.5. The Bertz CT molecular complexity index is 1350. The van der Waals surface area contributed by atoms with Crippen LogP contribution < -0.4 is 5.56 Å². The Morgan fingerprint density at radius 2 is 1.50 bits per heavy atom. The molecule has 1 N–H and O–H groups in total. The van der Waals surface area contributed by atoms with E-state index in [1.807, 2.05) is 30.3 Å². The van der Waals surface area contributed by atoms with Crippen molar-refractivity contribution in [3.8, 4) is 0 Å². The first-order valence-electron chi connectivity index (χ1n) is 9.38. The minimum absolute atomic E-state index is 0.0191. The summed E-state index contributed by atoms with van der Waals surface area (Å²) in [5, 5.41) is 2.92. The van der Waals surface area contributed by atoms with Crippen LogP contribution in [0.5, 0.6) is 0 Å². The molecular weight excluding hydrogens is 364 g/mol. The second-order valence-electron chi connectivity index (χ2n) is 7.26. The van der Waals surface area contributed by atoms with Gasteiger partial charge in [-0.1, -0.05) is 66.7 Å². The van der Waals surface area contributed by atoms with Crippen molar-refractivity contribution >= 4 is 42.4 Å². The third-order valence-corrected chi connectivity index (χ3v) is 6.50. The Hall–Kier alpha value is -2.95. The Morgan fingerprint density at radius 3 is 2.32 bits per heavy atom. The lowest BCUT2D eigenvalue weighted by Crippen LogP contribution is -2.17. The van der Waals surface area contributed by atoms with Gasteiger partial charge in [-0.3, -0.25) is 9.69 Å². The molecule has 5 rings (SSSR count). The number of thiophene rings is 1. The van der Waals surface area contributed by atoms with Crippen LogP contribution in [-0.4, -0.2) is 16.9 Å². The van der Waals surface area contributed by atoms with Gasteiger partial charge < -0.3 is 4.98 Å². The second kappa shape index (κ2) is 6.89. The van der Waals surface area contributed by atoms with Gasteiger partial charge in [0.25, 0.3) is 5.56 Å². The maximum Gasteiger partial charge on any atom is 0.256 e. The highest BCUT2D eigenvalue weighted by Crippen LogP contribution is 2.37. The monoisotopic (exact) mass is 384 g/mol. The van der Waals surface area contributed by atoms with E-state index in [4.69, 9.17) is 0 Å². The normalized spacial score (nSPS) is 11.8. The molecule has 0 unspecified atom stereocenters. The number of benzene rings is 3. The van der Waals surface area contributed by atoms with Gasteiger partial charge in [0.1, 0.15) is 0 Å². The van der Waals surface area contributed by atoms with E-state index >= 15 is 0 Å². The molecule has 0 aliphatic rings. The van der Waals surface area contributed by atoms with E-state index in [2.05, 4.69) is 59.4 Å². The third kappa shape index (κ3) is 2.91. The summed E-state index contributed by atoms with van der Waals surface area (Å²) in [7, 11) is 2.15. The van der Waals surface area contributed by atoms with Gasteiger partial charge in [-0.05, 0) is 24.2 Å². The number of hydrogen-bond donors (Lipinski definition) is 1. The van der Waals surface area contributed by atoms with Crippen LogP contribution in [-0.2, 0) is 13.1 Å². The molecule has 5 aromatic rings. The molecule has 0 bridgehead atoms. The highest BCUT2D eigenvalue weighted by atomic mass is 32.1. The second-order valence-corrected chi connectivity index (χ2v) is 8.28. The van der Waals surface area contributed by atoms with Gasteiger partial charge in [0.2, 0.25) is 0 Å².